The molecule has 0 saturated carbocycles. The van der Waals surface area contributed by atoms with Crippen molar-refractivity contribution < 1.29 is 0 Å². The van der Waals surface area contributed by atoms with Crippen LogP contribution in [0.3, 0.4) is 0 Å². The van der Waals surface area contributed by atoms with E-state index >= 15 is 0 Å². The first-order valence-electron chi connectivity index (χ1n) is 6.21. The van der Waals surface area contributed by atoms with Crippen LogP contribution in [0.15, 0.2) is 22.7 Å². The Kier molecular flexibility index (Phi) is 4.37. The Bertz CT molecular complexity index is 394. The number of anilines is 1. The van der Waals surface area contributed by atoms with E-state index in [1.54, 1.807) is 0 Å². The lowest BCUT2D eigenvalue weighted by molar-refractivity contribution is 0.324. The zero-order valence-corrected chi connectivity index (χ0v) is 12.8. The molecule has 0 amide bonds. The highest BCUT2D eigenvalue weighted by Gasteiger charge is 2.22. The smallest absolute Gasteiger partial charge is 0.0485 e. The van der Waals surface area contributed by atoms with E-state index in [0.29, 0.717) is 5.88 Å². The number of benzene rings is 1. The Balaban J connectivity index is 2.15. The molecule has 0 N–H and O–H groups in total. The highest BCUT2D eigenvalue weighted by molar-refractivity contribution is 9.10. The van der Waals surface area contributed by atoms with E-state index in [1.807, 2.05) is 0 Å². The fourth-order valence-corrected chi connectivity index (χ4v) is 3.24. The predicted molar refractivity (Wildman–Crippen MR) is 78.9 cm³/mol. The summed E-state index contributed by atoms with van der Waals surface area (Å²) in [5.74, 6) is 2.18. The van der Waals surface area contributed by atoms with Gasteiger partial charge in [-0.1, -0.05) is 35.8 Å². The maximum absolute atomic E-state index is 5.87. The molecular formula is C14H19BrClN. The van der Waals surface area contributed by atoms with Gasteiger partial charge in [0, 0.05) is 29.1 Å². The van der Waals surface area contributed by atoms with Crippen LogP contribution < -0.4 is 4.90 Å². The third-order valence-corrected chi connectivity index (χ3v) is 4.91. The molecule has 0 aliphatic carbocycles. The molecule has 1 nitrogen and oxygen atoms in total. The number of halogens is 2. The molecule has 0 bridgehead atoms. The number of nitrogens with zero attached hydrogens (tertiary/aromatic N) is 1. The van der Waals surface area contributed by atoms with Gasteiger partial charge in [-0.15, -0.1) is 11.6 Å². The van der Waals surface area contributed by atoms with Crippen LogP contribution in [0.5, 0.6) is 0 Å². The van der Waals surface area contributed by atoms with Gasteiger partial charge in [0.1, 0.15) is 0 Å². The molecule has 1 aliphatic rings. The number of hydrogen-bond donors (Lipinski definition) is 0. The van der Waals surface area contributed by atoms with Crippen LogP contribution >= 0.6 is 27.5 Å². The minimum atomic E-state index is 0.564. The van der Waals surface area contributed by atoms with Gasteiger partial charge in [0.25, 0.3) is 0 Å². The number of rotatable bonds is 2. The monoisotopic (exact) mass is 315 g/mol. The van der Waals surface area contributed by atoms with Crippen molar-refractivity contribution in [3.05, 3.63) is 28.2 Å². The number of hydrogen-bond acceptors (Lipinski definition) is 1. The van der Waals surface area contributed by atoms with Crippen molar-refractivity contribution in [1.82, 2.24) is 0 Å². The zero-order chi connectivity index (χ0) is 12.4. The van der Waals surface area contributed by atoms with Crippen LogP contribution in [-0.2, 0) is 5.88 Å². The molecule has 1 aliphatic heterocycles. The average Bonchev–Trinajstić information content (AvgIpc) is 2.32. The number of alkyl halides is 1. The molecule has 0 aromatic heterocycles. The van der Waals surface area contributed by atoms with Gasteiger partial charge in [0.05, 0.1) is 0 Å². The van der Waals surface area contributed by atoms with Crippen LogP contribution in [-0.4, -0.2) is 13.1 Å². The second kappa shape index (κ2) is 5.62. The standard InChI is InChI=1S/C14H19BrClN/c1-10-5-6-17(9-11(10)2)13-4-3-12(8-16)14(15)7-13/h3-4,7,10-11H,5-6,8-9H2,1-2H3. The third-order valence-electron chi connectivity index (χ3n) is 3.88. The lowest BCUT2D eigenvalue weighted by atomic mass is 9.88. The molecule has 1 aromatic rings. The summed E-state index contributed by atoms with van der Waals surface area (Å²) in [5, 5.41) is 0. The van der Waals surface area contributed by atoms with Crippen LogP contribution in [0.1, 0.15) is 25.8 Å². The minimum Gasteiger partial charge on any atom is -0.371 e. The van der Waals surface area contributed by atoms with E-state index in [9.17, 15) is 0 Å². The summed E-state index contributed by atoms with van der Waals surface area (Å²) in [7, 11) is 0. The lowest BCUT2D eigenvalue weighted by Crippen LogP contribution is -2.38. The van der Waals surface area contributed by atoms with Gasteiger partial charge in [-0.25, -0.2) is 0 Å². The topological polar surface area (TPSA) is 3.24 Å². The SMILES string of the molecule is CC1CCN(c2ccc(CCl)c(Br)c2)CC1C. The summed E-state index contributed by atoms with van der Waals surface area (Å²) in [4.78, 5) is 2.48. The quantitative estimate of drug-likeness (QED) is 0.717. The van der Waals surface area contributed by atoms with Crippen LogP contribution in [0.4, 0.5) is 5.69 Å². The molecule has 17 heavy (non-hydrogen) atoms. The summed E-state index contributed by atoms with van der Waals surface area (Å²) in [6, 6.07) is 6.50. The zero-order valence-electron chi connectivity index (χ0n) is 10.4. The predicted octanol–water partition coefficient (Wildman–Crippen LogP) is 4.67. The summed E-state index contributed by atoms with van der Waals surface area (Å²) in [6.45, 7) is 7.03. The van der Waals surface area contributed by atoms with Crippen LogP contribution in [0.2, 0.25) is 0 Å². The van der Waals surface area contributed by atoms with Gasteiger partial charge in [-0.05, 0) is 36.0 Å². The van der Waals surface area contributed by atoms with Gasteiger partial charge in [0.15, 0.2) is 0 Å². The molecule has 0 spiro atoms. The van der Waals surface area contributed by atoms with Crippen LogP contribution in [0.25, 0.3) is 0 Å². The van der Waals surface area contributed by atoms with Gasteiger partial charge in [0.2, 0.25) is 0 Å². The first-order valence-corrected chi connectivity index (χ1v) is 7.54. The summed E-state index contributed by atoms with van der Waals surface area (Å²) >= 11 is 9.46. The van der Waals surface area contributed by atoms with Crippen molar-refractivity contribution in [1.29, 1.82) is 0 Å². The largest absolute Gasteiger partial charge is 0.371 e. The van der Waals surface area contributed by atoms with E-state index in [2.05, 4.69) is 52.9 Å². The minimum absolute atomic E-state index is 0.564. The summed E-state index contributed by atoms with van der Waals surface area (Å²) in [5.41, 5.74) is 2.47. The van der Waals surface area contributed by atoms with E-state index < -0.39 is 0 Å². The Morgan fingerprint density at radius 3 is 2.71 bits per heavy atom. The molecular weight excluding hydrogens is 298 g/mol. The summed E-state index contributed by atoms with van der Waals surface area (Å²) < 4.78 is 1.12. The fraction of sp³-hybridized carbons (Fsp3) is 0.571. The van der Waals surface area contributed by atoms with Crippen LogP contribution in [0, 0.1) is 11.8 Å². The Morgan fingerprint density at radius 2 is 2.12 bits per heavy atom. The van der Waals surface area contributed by atoms with Crippen molar-refractivity contribution in [3.63, 3.8) is 0 Å². The van der Waals surface area contributed by atoms with Crippen molar-refractivity contribution in [2.24, 2.45) is 11.8 Å². The van der Waals surface area contributed by atoms with Gasteiger partial charge >= 0.3 is 0 Å². The van der Waals surface area contributed by atoms with Crippen molar-refractivity contribution in [2.45, 2.75) is 26.1 Å². The first kappa shape index (κ1) is 13.2. The molecule has 3 heteroatoms. The summed E-state index contributed by atoms with van der Waals surface area (Å²) in [6.07, 6.45) is 1.29. The second-order valence-electron chi connectivity index (χ2n) is 5.10. The molecule has 2 rings (SSSR count). The number of piperidine rings is 1. The highest BCUT2D eigenvalue weighted by Crippen LogP contribution is 2.30. The van der Waals surface area contributed by atoms with E-state index in [1.165, 1.54) is 12.1 Å². The van der Waals surface area contributed by atoms with Crippen molar-refractivity contribution >= 4 is 33.2 Å². The van der Waals surface area contributed by atoms with E-state index in [0.717, 1.165) is 35.0 Å². The molecule has 0 radical (unpaired) electrons. The second-order valence-corrected chi connectivity index (χ2v) is 6.22. The normalized spacial score (nSPS) is 25.1. The third kappa shape index (κ3) is 2.97. The van der Waals surface area contributed by atoms with Crippen molar-refractivity contribution in [2.75, 3.05) is 18.0 Å². The average molecular weight is 317 g/mol. The Hall–Kier alpha value is -0.210. The van der Waals surface area contributed by atoms with Crippen molar-refractivity contribution in [3.8, 4) is 0 Å². The fourth-order valence-electron chi connectivity index (χ4n) is 2.34. The first-order chi connectivity index (χ1) is 8.11. The Labute approximate surface area is 117 Å². The molecule has 1 saturated heterocycles. The molecule has 2 unspecified atom stereocenters. The molecule has 94 valence electrons. The molecule has 1 aromatic carbocycles. The lowest BCUT2D eigenvalue weighted by Gasteiger charge is -2.37. The van der Waals surface area contributed by atoms with Gasteiger partial charge in [-0.3, -0.25) is 0 Å². The maximum Gasteiger partial charge on any atom is 0.0485 e. The molecule has 1 fully saturated rings. The van der Waals surface area contributed by atoms with Gasteiger partial charge in [-0.2, -0.15) is 0 Å². The van der Waals surface area contributed by atoms with E-state index in [4.69, 9.17) is 11.6 Å². The highest BCUT2D eigenvalue weighted by atomic mass is 79.9. The Morgan fingerprint density at radius 1 is 1.35 bits per heavy atom. The maximum atomic E-state index is 5.87. The van der Waals surface area contributed by atoms with E-state index in [-0.39, 0.29) is 0 Å². The molecule has 2 atom stereocenters. The van der Waals surface area contributed by atoms with Gasteiger partial charge < -0.3 is 4.90 Å². The molecule has 1 heterocycles.